The van der Waals surface area contributed by atoms with Crippen LogP contribution in [0.3, 0.4) is 0 Å². The van der Waals surface area contributed by atoms with Crippen LogP contribution in [0.15, 0.2) is 24.3 Å². The average molecular weight is 437 g/mol. The highest BCUT2D eigenvalue weighted by Crippen LogP contribution is 2.12. The summed E-state index contributed by atoms with van der Waals surface area (Å²) < 4.78 is 0. The van der Waals surface area contributed by atoms with Gasteiger partial charge in [-0.25, -0.2) is 4.79 Å². The van der Waals surface area contributed by atoms with Gasteiger partial charge in [-0.1, -0.05) is 12.1 Å². The molecule has 1 aromatic carbocycles. The molecular weight excluding hydrogens is 410 g/mol. The topological polar surface area (TPSA) is 214 Å². The molecule has 0 aliphatic carbocycles. The van der Waals surface area contributed by atoms with Crippen molar-refractivity contribution < 1.29 is 34.2 Å². The number of primary amides is 1. The van der Waals surface area contributed by atoms with E-state index in [1.807, 2.05) is 0 Å². The molecule has 1 aromatic rings. The Balaban J connectivity index is 2.89. The Labute approximate surface area is 178 Å². The summed E-state index contributed by atoms with van der Waals surface area (Å²) in [6.45, 7) is 1.04. The highest BCUT2D eigenvalue weighted by molar-refractivity contribution is 5.93. The Bertz CT molecular complexity index is 812. The lowest BCUT2D eigenvalue weighted by molar-refractivity contribution is -0.142. The second-order valence-corrected chi connectivity index (χ2v) is 6.83. The molecule has 0 aliphatic heterocycles. The van der Waals surface area contributed by atoms with Gasteiger partial charge in [0.2, 0.25) is 23.6 Å². The molecule has 9 N–H and O–H groups in total. The van der Waals surface area contributed by atoms with E-state index < -0.39 is 47.7 Å². The van der Waals surface area contributed by atoms with Gasteiger partial charge in [0.1, 0.15) is 23.9 Å². The van der Waals surface area contributed by atoms with Crippen molar-refractivity contribution >= 4 is 29.6 Å². The second kappa shape index (κ2) is 12.1. The van der Waals surface area contributed by atoms with Gasteiger partial charge in [0.05, 0.1) is 6.54 Å². The summed E-state index contributed by atoms with van der Waals surface area (Å²) in [5, 5.41) is 25.8. The fraction of sp³-hybridized carbons (Fsp3) is 0.421. The Morgan fingerprint density at radius 2 is 1.55 bits per heavy atom. The molecule has 4 amide bonds. The molecule has 170 valence electrons. The quantitative estimate of drug-likeness (QED) is 0.189. The summed E-state index contributed by atoms with van der Waals surface area (Å²) in [5.41, 5.74) is 10.8. The van der Waals surface area contributed by atoms with E-state index >= 15 is 0 Å². The lowest BCUT2D eigenvalue weighted by Gasteiger charge is -2.23. The first-order chi connectivity index (χ1) is 14.5. The van der Waals surface area contributed by atoms with Crippen LogP contribution in [0.5, 0.6) is 5.75 Å². The molecule has 0 saturated carbocycles. The molecule has 1 rings (SSSR count). The molecule has 0 spiro atoms. The molecule has 0 fully saturated rings. The minimum Gasteiger partial charge on any atom is -0.508 e. The third-order valence-electron chi connectivity index (χ3n) is 4.26. The first-order valence-corrected chi connectivity index (χ1v) is 9.42. The summed E-state index contributed by atoms with van der Waals surface area (Å²) in [6.07, 6.45) is -0.492. The summed E-state index contributed by atoms with van der Waals surface area (Å²) in [6, 6.07) is 2.15. The van der Waals surface area contributed by atoms with Crippen LogP contribution in [-0.2, 0) is 30.4 Å². The predicted molar refractivity (Wildman–Crippen MR) is 108 cm³/mol. The van der Waals surface area contributed by atoms with Crippen LogP contribution < -0.4 is 27.4 Å². The number of hydrogen-bond donors (Lipinski definition) is 7. The molecule has 31 heavy (non-hydrogen) atoms. The number of phenolic OH excluding ortho intramolecular Hbond substituents is 1. The van der Waals surface area contributed by atoms with Crippen LogP contribution in [0.4, 0.5) is 0 Å². The highest BCUT2D eigenvalue weighted by Gasteiger charge is 2.28. The molecule has 3 unspecified atom stereocenters. The van der Waals surface area contributed by atoms with Gasteiger partial charge in [-0.2, -0.15) is 0 Å². The third-order valence-corrected chi connectivity index (χ3v) is 4.26. The lowest BCUT2D eigenvalue weighted by Crippen LogP contribution is -2.56. The molecule has 0 aromatic heterocycles. The van der Waals surface area contributed by atoms with Crippen LogP contribution in [0.2, 0.25) is 0 Å². The molecule has 0 aliphatic rings. The summed E-state index contributed by atoms with van der Waals surface area (Å²) >= 11 is 0. The number of phenols is 1. The van der Waals surface area contributed by atoms with Crippen molar-refractivity contribution in [3.63, 3.8) is 0 Å². The number of carbonyl (C=O) groups excluding carboxylic acids is 4. The first kappa shape index (κ1) is 25.4. The van der Waals surface area contributed by atoms with Crippen LogP contribution in [-0.4, -0.2) is 64.5 Å². The van der Waals surface area contributed by atoms with Crippen LogP contribution in [0.25, 0.3) is 0 Å². The highest BCUT2D eigenvalue weighted by atomic mass is 16.4. The number of benzene rings is 1. The minimum absolute atomic E-state index is 0.00438. The zero-order valence-corrected chi connectivity index (χ0v) is 17.0. The normalized spacial score (nSPS) is 13.4. The third kappa shape index (κ3) is 9.12. The molecule has 0 saturated heterocycles. The molecular formula is C19H27N5O7. The van der Waals surface area contributed by atoms with E-state index in [2.05, 4.69) is 16.0 Å². The number of aliphatic carboxylic acids is 1. The number of hydrogen-bond acceptors (Lipinski definition) is 7. The summed E-state index contributed by atoms with van der Waals surface area (Å²) in [7, 11) is 0. The zero-order valence-electron chi connectivity index (χ0n) is 17.0. The fourth-order valence-corrected chi connectivity index (χ4v) is 2.56. The van der Waals surface area contributed by atoms with Gasteiger partial charge < -0.3 is 37.6 Å². The molecule has 12 nitrogen and oxygen atoms in total. The Morgan fingerprint density at radius 1 is 0.968 bits per heavy atom. The predicted octanol–water partition coefficient (Wildman–Crippen LogP) is -2.28. The first-order valence-electron chi connectivity index (χ1n) is 9.42. The van der Waals surface area contributed by atoms with E-state index in [1.54, 1.807) is 0 Å². The Hall–Kier alpha value is -3.67. The second-order valence-electron chi connectivity index (χ2n) is 6.83. The SMILES string of the molecule is CC(NC(=O)CN)C(=O)NC(CCC(N)=O)C(=O)NC(Cc1ccc(O)cc1)C(=O)O. The maximum absolute atomic E-state index is 12.7. The zero-order chi connectivity index (χ0) is 23.6. The fourth-order valence-electron chi connectivity index (χ4n) is 2.56. The Morgan fingerprint density at radius 3 is 2.06 bits per heavy atom. The van der Waals surface area contributed by atoms with Crippen molar-refractivity contribution in [2.24, 2.45) is 11.5 Å². The van der Waals surface area contributed by atoms with Gasteiger partial charge in [0, 0.05) is 12.8 Å². The summed E-state index contributed by atoms with van der Waals surface area (Å²) in [5.74, 6) is -4.17. The van der Waals surface area contributed by atoms with E-state index in [9.17, 15) is 34.2 Å². The van der Waals surface area contributed by atoms with Gasteiger partial charge >= 0.3 is 5.97 Å². The van der Waals surface area contributed by atoms with Crippen LogP contribution >= 0.6 is 0 Å². The van der Waals surface area contributed by atoms with Gasteiger partial charge in [-0.3, -0.25) is 19.2 Å². The van der Waals surface area contributed by atoms with Crippen molar-refractivity contribution in [1.82, 2.24) is 16.0 Å². The smallest absolute Gasteiger partial charge is 0.326 e. The van der Waals surface area contributed by atoms with Crippen LogP contribution in [0.1, 0.15) is 25.3 Å². The lowest BCUT2D eigenvalue weighted by atomic mass is 10.0. The van der Waals surface area contributed by atoms with Gasteiger partial charge in [0.25, 0.3) is 0 Å². The van der Waals surface area contributed by atoms with Crippen molar-refractivity contribution in [2.45, 2.75) is 44.3 Å². The standard InChI is InChI=1S/C19H27N5O7/c1-10(22-16(27)9-20)17(28)23-13(6-7-15(21)26)18(29)24-14(19(30)31)8-11-2-4-12(25)5-3-11/h2-5,10,13-14,25H,6-9,20H2,1H3,(H2,21,26)(H,22,27)(H,23,28)(H,24,29)(H,30,31). The monoisotopic (exact) mass is 437 g/mol. The number of carbonyl (C=O) groups is 5. The number of carboxylic acids is 1. The van der Waals surface area contributed by atoms with E-state index in [4.69, 9.17) is 11.5 Å². The van der Waals surface area contributed by atoms with Crippen molar-refractivity contribution in [2.75, 3.05) is 6.54 Å². The maximum atomic E-state index is 12.7. The van der Waals surface area contributed by atoms with Gasteiger partial charge in [0.15, 0.2) is 0 Å². The molecule has 3 atom stereocenters. The Kier molecular flexibility index (Phi) is 9.92. The number of carboxylic acid groups (broad SMARTS) is 1. The van der Waals surface area contributed by atoms with E-state index in [0.29, 0.717) is 5.56 Å². The number of rotatable bonds is 12. The number of amides is 4. The summed E-state index contributed by atoms with van der Waals surface area (Å²) in [4.78, 5) is 59.0. The average Bonchev–Trinajstić information content (AvgIpc) is 2.71. The van der Waals surface area contributed by atoms with E-state index in [-0.39, 0.29) is 31.6 Å². The van der Waals surface area contributed by atoms with Gasteiger partial charge in [-0.15, -0.1) is 0 Å². The van der Waals surface area contributed by atoms with Gasteiger partial charge in [-0.05, 0) is 31.0 Å². The maximum Gasteiger partial charge on any atom is 0.326 e. The molecule has 0 radical (unpaired) electrons. The largest absolute Gasteiger partial charge is 0.508 e. The van der Waals surface area contributed by atoms with E-state index in [1.165, 1.54) is 31.2 Å². The molecule has 0 heterocycles. The van der Waals surface area contributed by atoms with Crippen molar-refractivity contribution in [1.29, 1.82) is 0 Å². The van der Waals surface area contributed by atoms with Crippen LogP contribution in [0, 0.1) is 0 Å². The number of aromatic hydroxyl groups is 1. The molecule has 12 heteroatoms. The molecule has 0 bridgehead atoms. The van der Waals surface area contributed by atoms with Crippen molar-refractivity contribution in [3.05, 3.63) is 29.8 Å². The van der Waals surface area contributed by atoms with Crippen molar-refractivity contribution in [3.8, 4) is 5.75 Å². The number of nitrogens with one attached hydrogen (secondary N) is 3. The minimum atomic E-state index is -1.33. The van der Waals surface area contributed by atoms with E-state index in [0.717, 1.165) is 0 Å². The number of nitrogens with two attached hydrogens (primary N) is 2.